The molecule has 0 bridgehead atoms. The third-order valence-corrected chi connectivity index (χ3v) is 6.83. The average molecular weight is 424 g/mol. The summed E-state index contributed by atoms with van der Waals surface area (Å²) in [6, 6.07) is 16.3. The smallest absolute Gasteiger partial charge is 0.256 e. The van der Waals surface area contributed by atoms with Crippen LogP contribution in [0.2, 0.25) is 0 Å². The molecule has 0 unspecified atom stereocenters. The van der Waals surface area contributed by atoms with E-state index in [9.17, 15) is 13.2 Å². The van der Waals surface area contributed by atoms with Crippen molar-refractivity contribution in [1.29, 1.82) is 0 Å². The van der Waals surface area contributed by atoms with Crippen molar-refractivity contribution in [2.45, 2.75) is 43.4 Å². The molecule has 3 aromatic rings. The number of hydrogen-bond donors (Lipinski definition) is 1. The molecular weight excluding hydrogens is 398 g/mol. The number of carbonyl (C=O) groups excluding carboxylic acids is 1. The van der Waals surface area contributed by atoms with Crippen molar-refractivity contribution in [2.24, 2.45) is 0 Å². The molecule has 0 spiro atoms. The molecule has 30 heavy (non-hydrogen) atoms. The average Bonchev–Trinajstić information content (AvgIpc) is 3.38. The highest BCUT2D eigenvalue weighted by molar-refractivity contribution is 7.90. The molecule has 0 saturated heterocycles. The number of benzene rings is 2. The van der Waals surface area contributed by atoms with Crippen LogP contribution in [0.3, 0.4) is 0 Å². The Morgan fingerprint density at radius 1 is 1.07 bits per heavy atom. The minimum absolute atomic E-state index is 0.165. The summed E-state index contributed by atoms with van der Waals surface area (Å²) in [5.41, 5.74) is 2.75. The molecule has 0 atom stereocenters. The Balaban J connectivity index is 1.69. The van der Waals surface area contributed by atoms with Crippen LogP contribution in [0.4, 0.5) is 5.82 Å². The van der Waals surface area contributed by atoms with E-state index in [2.05, 4.69) is 5.32 Å². The fourth-order valence-corrected chi connectivity index (χ4v) is 5.00. The lowest BCUT2D eigenvalue weighted by molar-refractivity contribution is 0.102. The number of sulfone groups is 1. The van der Waals surface area contributed by atoms with Crippen molar-refractivity contribution in [3.63, 3.8) is 0 Å². The molecule has 6 nitrogen and oxygen atoms in total. The van der Waals surface area contributed by atoms with Crippen LogP contribution in [0, 0.1) is 6.92 Å². The van der Waals surface area contributed by atoms with E-state index >= 15 is 0 Å². The van der Waals surface area contributed by atoms with Gasteiger partial charge in [0.2, 0.25) is 0 Å². The Bertz CT molecular complexity index is 1180. The van der Waals surface area contributed by atoms with Crippen LogP contribution in [0.1, 0.15) is 53.2 Å². The van der Waals surface area contributed by atoms with Crippen LogP contribution >= 0.6 is 0 Å². The maximum atomic E-state index is 13.0. The van der Waals surface area contributed by atoms with Gasteiger partial charge in [0.15, 0.2) is 9.84 Å². The molecule has 7 heteroatoms. The number of nitrogens with one attached hydrogen (secondary N) is 1. The van der Waals surface area contributed by atoms with Gasteiger partial charge in [-0.25, -0.2) is 13.1 Å². The number of para-hydroxylation sites is 1. The second kappa shape index (κ2) is 8.07. The van der Waals surface area contributed by atoms with Crippen molar-refractivity contribution in [1.82, 2.24) is 9.78 Å². The van der Waals surface area contributed by atoms with Gasteiger partial charge in [0, 0.05) is 23.8 Å². The van der Waals surface area contributed by atoms with Gasteiger partial charge in [0.25, 0.3) is 5.91 Å². The highest BCUT2D eigenvalue weighted by Gasteiger charge is 2.23. The Labute approximate surface area is 176 Å². The van der Waals surface area contributed by atoms with E-state index in [4.69, 9.17) is 5.10 Å². The van der Waals surface area contributed by atoms with Gasteiger partial charge in [0.1, 0.15) is 5.82 Å². The lowest BCUT2D eigenvalue weighted by Crippen LogP contribution is -2.16. The van der Waals surface area contributed by atoms with Crippen LogP contribution in [-0.2, 0) is 9.84 Å². The lowest BCUT2D eigenvalue weighted by atomic mass is 10.0. The molecule has 2 aromatic carbocycles. The van der Waals surface area contributed by atoms with Gasteiger partial charge in [-0.2, -0.15) is 5.10 Å². The number of amides is 1. The maximum absolute atomic E-state index is 13.0. The van der Waals surface area contributed by atoms with Crippen LogP contribution in [-0.4, -0.2) is 30.4 Å². The number of rotatable bonds is 5. The maximum Gasteiger partial charge on any atom is 0.256 e. The summed E-state index contributed by atoms with van der Waals surface area (Å²) in [5.74, 6) is 0.617. The molecule has 1 N–H and O–H groups in total. The molecular formula is C23H25N3O3S. The Kier molecular flexibility index (Phi) is 5.47. The molecule has 1 aliphatic carbocycles. The highest BCUT2D eigenvalue weighted by Crippen LogP contribution is 2.35. The third-order valence-electron chi connectivity index (χ3n) is 5.59. The zero-order valence-corrected chi connectivity index (χ0v) is 17.9. The van der Waals surface area contributed by atoms with Crippen LogP contribution in [0.15, 0.2) is 59.5 Å². The second-order valence-electron chi connectivity index (χ2n) is 7.89. The molecule has 1 saturated carbocycles. The van der Waals surface area contributed by atoms with Crippen LogP contribution < -0.4 is 5.32 Å². The summed E-state index contributed by atoms with van der Waals surface area (Å²) >= 11 is 0. The Hall–Kier alpha value is -2.93. The molecule has 1 heterocycles. The fraction of sp³-hybridized carbons (Fsp3) is 0.304. The third kappa shape index (κ3) is 4.16. The van der Waals surface area contributed by atoms with Gasteiger partial charge in [0.05, 0.1) is 16.3 Å². The first-order valence-electron chi connectivity index (χ1n) is 10.1. The highest BCUT2D eigenvalue weighted by atomic mass is 32.2. The second-order valence-corrected chi connectivity index (χ2v) is 9.87. The zero-order valence-electron chi connectivity index (χ0n) is 17.1. The minimum atomic E-state index is -3.42. The summed E-state index contributed by atoms with van der Waals surface area (Å²) in [4.78, 5) is 13.1. The Morgan fingerprint density at radius 2 is 1.77 bits per heavy atom. The topological polar surface area (TPSA) is 81.1 Å². The first-order chi connectivity index (χ1) is 14.3. The van der Waals surface area contributed by atoms with Gasteiger partial charge in [-0.1, -0.05) is 37.1 Å². The number of nitrogens with zero attached hydrogens (tertiary/aromatic N) is 2. The summed E-state index contributed by atoms with van der Waals surface area (Å²) in [6.07, 6.45) is 5.75. The van der Waals surface area contributed by atoms with Crippen molar-refractivity contribution in [3.05, 3.63) is 71.4 Å². The largest absolute Gasteiger partial charge is 0.306 e. The molecule has 1 aliphatic rings. The van der Waals surface area contributed by atoms with Crippen molar-refractivity contribution in [2.75, 3.05) is 11.6 Å². The van der Waals surface area contributed by atoms with E-state index in [1.807, 2.05) is 36.4 Å². The number of aryl methyl sites for hydroxylation is 1. The van der Waals surface area contributed by atoms with Crippen molar-refractivity contribution >= 4 is 21.6 Å². The minimum Gasteiger partial charge on any atom is -0.306 e. The molecule has 1 aromatic heterocycles. The Morgan fingerprint density at radius 3 is 2.43 bits per heavy atom. The van der Waals surface area contributed by atoms with Gasteiger partial charge in [-0.15, -0.1) is 0 Å². The first-order valence-corrected chi connectivity index (χ1v) is 12.0. The van der Waals surface area contributed by atoms with E-state index in [0.717, 1.165) is 30.5 Å². The predicted octanol–water partition coefficient (Wildman–Crippen LogP) is 4.49. The quantitative estimate of drug-likeness (QED) is 0.655. The van der Waals surface area contributed by atoms with Gasteiger partial charge in [-0.05, 0) is 49.6 Å². The van der Waals surface area contributed by atoms with E-state index in [-0.39, 0.29) is 10.8 Å². The molecule has 0 aliphatic heterocycles. The fourth-order valence-electron chi connectivity index (χ4n) is 4.00. The number of carbonyl (C=O) groups is 1. The predicted molar refractivity (Wildman–Crippen MR) is 117 cm³/mol. The molecule has 4 rings (SSSR count). The molecule has 0 radical (unpaired) electrons. The normalized spacial score (nSPS) is 14.7. The first kappa shape index (κ1) is 20.3. The number of hydrogen-bond acceptors (Lipinski definition) is 4. The standard InChI is InChI=1S/C23H25N3O3S/c1-16-12-13-18(14-21(16)30(2,28)29)23(27)24-22-15-20(17-8-6-7-9-17)25-26(22)19-10-4-3-5-11-19/h3-5,10-15,17H,6-9H2,1-2H3,(H,24,27). The monoisotopic (exact) mass is 423 g/mol. The van der Waals surface area contributed by atoms with Crippen molar-refractivity contribution < 1.29 is 13.2 Å². The van der Waals surface area contributed by atoms with E-state index < -0.39 is 9.84 Å². The van der Waals surface area contributed by atoms with E-state index in [0.29, 0.717) is 22.9 Å². The summed E-state index contributed by atoms with van der Waals surface area (Å²) in [5, 5.41) is 7.72. The number of aromatic nitrogens is 2. The lowest BCUT2D eigenvalue weighted by Gasteiger charge is -2.10. The van der Waals surface area contributed by atoms with Gasteiger partial charge >= 0.3 is 0 Å². The van der Waals surface area contributed by atoms with Gasteiger partial charge < -0.3 is 5.32 Å². The zero-order chi connectivity index (χ0) is 21.3. The molecule has 156 valence electrons. The van der Waals surface area contributed by atoms with Crippen LogP contribution in [0.25, 0.3) is 5.69 Å². The van der Waals surface area contributed by atoms with E-state index in [1.165, 1.54) is 18.9 Å². The van der Waals surface area contributed by atoms with Crippen LogP contribution in [0.5, 0.6) is 0 Å². The van der Waals surface area contributed by atoms with E-state index in [1.54, 1.807) is 23.7 Å². The molecule has 1 amide bonds. The summed E-state index contributed by atoms with van der Waals surface area (Å²) in [7, 11) is -3.42. The molecule has 1 fully saturated rings. The van der Waals surface area contributed by atoms with Gasteiger partial charge in [-0.3, -0.25) is 4.79 Å². The number of anilines is 1. The summed E-state index contributed by atoms with van der Waals surface area (Å²) in [6.45, 7) is 1.72. The SMILES string of the molecule is Cc1ccc(C(=O)Nc2cc(C3CCCC3)nn2-c2ccccc2)cc1S(C)(=O)=O. The van der Waals surface area contributed by atoms with Crippen molar-refractivity contribution in [3.8, 4) is 5.69 Å². The summed E-state index contributed by atoms with van der Waals surface area (Å²) < 4.78 is 25.8.